The van der Waals surface area contributed by atoms with E-state index in [2.05, 4.69) is 28.5 Å². The van der Waals surface area contributed by atoms with Crippen molar-refractivity contribution in [1.29, 1.82) is 0 Å². The van der Waals surface area contributed by atoms with E-state index in [1.54, 1.807) is 7.11 Å². The first kappa shape index (κ1) is 12.2. The number of hydrogen-bond acceptors (Lipinski definition) is 3. The van der Waals surface area contributed by atoms with Crippen LogP contribution in [0.5, 0.6) is 5.75 Å². The van der Waals surface area contributed by atoms with Crippen LogP contribution in [0.25, 0.3) is 0 Å². The maximum absolute atomic E-state index is 5.22. The van der Waals surface area contributed by atoms with Crippen LogP contribution in [0.3, 0.4) is 0 Å². The molecule has 2 unspecified atom stereocenters. The van der Waals surface area contributed by atoms with Gasteiger partial charge in [0.05, 0.1) is 18.8 Å². The number of ether oxygens (including phenoxy) is 1. The monoisotopic (exact) mass is 254 g/mol. The van der Waals surface area contributed by atoms with Crippen molar-refractivity contribution in [3.05, 3.63) is 59.9 Å². The Morgan fingerprint density at radius 2 is 2.00 bits per heavy atom. The van der Waals surface area contributed by atoms with E-state index < -0.39 is 0 Å². The van der Waals surface area contributed by atoms with Crippen LogP contribution in [0.4, 0.5) is 0 Å². The molecule has 0 amide bonds. The SMILES string of the molecule is COc1ccc(C2CCNC2c2ccccn2)cc1. The zero-order chi connectivity index (χ0) is 13.1. The highest BCUT2D eigenvalue weighted by Crippen LogP contribution is 2.37. The molecule has 1 aromatic heterocycles. The summed E-state index contributed by atoms with van der Waals surface area (Å²) in [4.78, 5) is 4.48. The minimum absolute atomic E-state index is 0.314. The second kappa shape index (κ2) is 5.41. The van der Waals surface area contributed by atoms with Gasteiger partial charge >= 0.3 is 0 Å². The molecule has 19 heavy (non-hydrogen) atoms. The number of aromatic nitrogens is 1. The molecule has 0 aliphatic carbocycles. The highest BCUT2D eigenvalue weighted by atomic mass is 16.5. The lowest BCUT2D eigenvalue weighted by Gasteiger charge is -2.19. The molecule has 3 heteroatoms. The first-order chi connectivity index (χ1) is 9.38. The maximum atomic E-state index is 5.22. The van der Waals surface area contributed by atoms with E-state index in [4.69, 9.17) is 4.74 Å². The van der Waals surface area contributed by atoms with Crippen LogP contribution in [-0.4, -0.2) is 18.6 Å². The molecule has 0 bridgehead atoms. The van der Waals surface area contributed by atoms with Gasteiger partial charge in [0.2, 0.25) is 0 Å². The van der Waals surface area contributed by atoms with Crippen molar-refractivity contribution in [3.8, 4) is 5.75 Å². The molecule has 3 rings (SSSR count). The Kier molecular flexibility index (Phi) is 3.47. The minimum atomic E-state index is 0.314. The molecule has 0 saturated carbocycles. The van der Waals surface area contributed by atoms with E-state index in [9.17, 15) is 0 Å². The molecule has 1 fully saturated rings. The van der Waals surface area contributed by atoms with E-state index in [1.807, 2.05) is 30.5 Å². The third kappa shape index (κ3) is 2.47. The van der Waals surface area contributed by atoms with Gasteiger partial charge in [0.15, 0.2) is 0 Å². The Morgan fingerprint density at radius 3 is 2.68 bits per heavy atom. The lowest BCUT2D eigenvalue weighted by molar-refractivity contribution is 0.414. The number of pyridine rings is 1. The first-order valence-corrected chi connectivity index (χ1v) is 6.67. The van der Waals surface area contributed by atoms with Crippen LogP contribution in [0.1, 0.15) is 29.6 Å². The molecule has 2 aromatic rings. The molecule has 2 atom stereocenters. The van der Waals surface area contributed by atoms with Crippen LogP contribution < -0.4 is 10.1 Å². The summed E-state index contributed by atoms with van der Waals surface area (Å²) in [5, 5.41) is 3.56. The number of hydrogen-bond donors (Lipinski definition) is 1. The van der Waals surface area contributed by atoms with Gasteiger partial charge in [0.25, 0.3) is 0 Å². The standard InChI is InChI=1S/C16H18N2O/c1-19-13-7-5-12(6-8-13)14-9-11-18-16(14)15-4-2-3-10-17-15/h2-8,10,14,16,18H,9,11H2,1H3. The van der Waals surface area contributed by atoms with E-state index in [1.165, 1.54) is 5.56 Å². The molecule has 3 nitrogen and oxygen atoms in total. The quantitative estimate of drug-likeness (QED) is 0.914. The largest absolute Gasteiger partial charge is 0.497 e. The molecule has 1 aliphatic rings. The summed E-state index contributed by atoms with van der Waals surface area (Å²) in [6.07, 6.45) is 3.01. The third-order valence-electron chi connectivity index (χ3n) is 3.77. The summed E-state index contributed by atoms with van der Waals surface area (Å²) in [6, 6.07) is 14.8. The summed E-state index contributed by atoms with van der Waals surface area (Å²) >= 11 is 0. The Morgan fingerprint density at radius 1 is 1.16 bits per heavy atom. The molecule has 0 radical (unpaired) electrons. The molecule has 98 valence electrons. The van der Waals surface area contributed by atoms with E-state index in [0.717, 1.165) is 24.4 Å². The molecule has 0 spiro atoms. The van der Waals surface area contributed by atoms with Crippen molar-refractivity contribution in [2.24, 2.45) is 0 Å². The molecule has 2 heterocycles. The Hall–Kier alpha value is -1.87. The van der Waals surface area contributed by atoms with Crippen molar-refractivity contribution in [1.82, 2.24) is 10.3 Å². The zero-order valence-corrected chi connectivity index (χ0v) is 11.0. The normalized spacial score (nSPS) is 22.4. The minimum Gasteiger partial charge on any atom is -0.497 e. The summed E-state index contributed by atoms with van der Waals surface area (Å²) in [5.41, 5.74) is 2.47. The van der Waals surface area contributed by atoms with Gasteiger partial charge in [0.1, 0.15) is 5.75 Å². The predicted octanol–water partition coefficient (Wildman–Crippen LogP) is 2.91. The smallest absolute Gasteiger partial charge is 0.118 e. The van der Waals surface area contributed by atoms with Crippen molar-refractivity contribution in [2.75, 3.05) is 13.7 Å². The molecular formula is C16H18N2O. The molecule has 1 aliphatic heterocycles. The topological polar surface area (TPSA) is 34.1 Å². The molecule has 1 N–H and O–H groups in total. The van der Waals surface area contributed by atoms with Crippen molar-refractivity contribution in [3.63, 3.8) is 0 Å². The fourth-order valence-electron chi connectivity index (χ4n) is 2.78. The van der Waals surface area contributed by atoms with Crippen LogP contribution in [0.2, 0.25) is 0 Å². The molecule has 1 saturated heterocycles. The van der Waals surface area contributed by atoms with Gasteiger partial charge in [-0.25, -0.2) is 0 Å². The second-order valence-electron chi connectivity index (χ2n) is 4.85. The summed E-state index contributed by atoms with van der Waals surface area (Å²) in [7, 11) is 1.70. The number of methoxy groups -OCH3 is 1. The predicted molar refractivity (Wildman–Crippen MR) is 75.3 cm³/mol. The lowest BCUT2D eigenvalue weighted by Crippen LogP contribution is -2.18. The highest BCUT2D eigenvalue weighted by Gasteiger charge is 2.30. The number of rotatable bonds is 3. The number of nitrogens with one attached hydrogen (secondary N) is 1. The van der Waals surface area contributed by atoms with Gasteiger partial charge < -0.3 is 10.1 Å². The third-order valence-corrected chi connectivity index (χ3v) is 3.77. The summed E-state index contributed by atoms with van der Waals surface area (Å²) < 4.78 is 5.22. The van der Waals surface area contributed by atoms with Crippen LogP contribution in [0.15, 0.2) is 48.7 Å². The average molecular weight is 254 g/mol. The Labute approximate surface area is 113 Å². The van der Waals surface area contributed by atoms with Crippen molar-refractivity contribution >= 4 is 0 Å². The zero-order valence-electron chi connectivity index (χ0n) is 11.0. The molecule has 1 aromatic carbocycles. The molecular weight excluding hydrogens is 236 g/mol. The van der Waals surface area contributed by atoms with Gasteiger partial charge in [-0.15, -0.1) is 0 Å². The van der Waals surface area contributed by atoms with Crippen LogP contribution >= 0.6 is 0 Å². The van der Waals surface area contributed by atoms with E-state index in [-0.39, 0.29) is 0 Å². The van der Waals surface area contributed by atoms with Crippen LogP contribution in [-0.2, 0) is 0 Å². The van der Waals surface area contributed by atoms with Crippen molar-refractivity contribution < 1.29 is 4.74 Å². The highest BCUT2D eigenvalue weighted by molar-refractivity contribution is 5.32. The second-order valence-corrected chi connectivity index (χ2v) is 4.85. The fourth-order valence-corrected chi connectivity index (χ4v) is 2.78. The van der Waals surface area contributed by atoms with E-state index in [0.29, 0.717) is 12.0 Å². The van der Waals surface area contributed by atoms with E-state index >= 15 is 0 Å². The lowest BCUT2D eigenvalue weighted by atomic mass is 9.90. The summed E-state index contributed by atoms with van der Waals surface area (Å²) in [6.45, 7) is 1.04. The Balaban J connectivity index is 1.86. The van der Waals surface area contributed by atoms with Crippen molar-refractivity contribution in [2.45, 2.75) is 18.4 Å². The van der Waals surface area contributed by atoms with Gasteiger partial charge in [-0.1, -0.05) is 18.2 Å². The Bertz CT molecular complexity index is 524. The van der Waals surface area contributed by atoms with Gasteiger partial charge in [-0.3, -0.25) is 4.98 Å². The summed E-state index contributed by atoms with van der Waals surface area (Å²) in [5.74, 6) is 1.39. The van der Waals surface area contributed by atoms with Gasteiger partial charge in [-0.2, -0.15) is 0 Å². The maximum Gasteiger partial charge on any atom is 0.118 e. The average Bonchev–Trinajstić information content (AvgIpc) is 2.98. The first-order valence-electron chi connectivity index (χ1n) is 6.67. The van der Waals surface area contributed by atoms with Gasteiger partial charge in [0, 0.05) is 12.1 Å². The van der Waals surface area contributed by atoms with Gasteiger partial charge in [-0.05, 0) is 42.8 Å². The fraction of sp³-hybridized carbons (Fsp3) is 0.312. The van der Waals surface area contributed by atoms with Crippen LogP contribution in [0, 0.1) is 0 Å². The number of benzene rings is 1. The number of nitrogens with zero attached hydrogens (tertiary/aromatic N) is 1.